The third kappa shape index (κ3) is 5.52. The van der Waals surface area contributed by atoms with Crippen LogP contribution in [-0.4, -0.2) is 36.5 Å². The molecule has 1 saturated heterocycles. The Balaban J connectivity index is 1.59. The van der Waals surface area contributed by atoms with Crippen LogP contribution in [-0.2, 0) is 4.79 Å². The van der Waals surface area contributed by atoms with E-state index in [-0.39, 0.29) is 11.9 Å². The summed E-state index contributed by atoms with van der Waals surface area (Å²) in [4.78, 5) is 24.9. The number of nitrogens with zero attached hydrogens (tertiary/aromatic N) is 1. The second-order valence-corrected chi connectivity index (χ2v) is 6.04. The lowest BCUT2D eigenvalue weighted by molar-refractivity contribution is -0.127. The second kappa shape index (κ2) is 8.58. The quantitative estimate of drug-likeness (QED) is 0.761. The van der Waals surface area contributed by atoms with Gasteiger partial charge in [0.15, 0.2) is 0 Å². The van der Waals surface area contributed by atoms with Gasteiger partial charge in [-0.15, -0.1) is 0 Å². The van der Waals surface area contributed by atoms with Crippen LogP contribution in [0.5, 0.6) is 0 Å². The fraction of sp³-hybridized carbons (Fsp3) is 0.375. The van der Waals surface area contributed by atoms with E-state index < -0.39 is 0 Å². The molecule has 2 N–H and O–H groups in total. The van der Waals surface area contributed by atoms with Crippen LogP contribution in [0.4, 0.5) is 4.79 Å². The van der Waals surface area contributed by atoms with Crippen molar-refractivity contribution < 1.29 is 9.59 Å². The summed E-state index contributed by atoms with van der Waals surface area (Å²) >= 11 is 3.37. The fourth-order valence-corrected chi connectivity index (χ4v) is 2.52. The van der Waals surface area contributed by atoms with Crippen molar-refractivity contribution in [2.75, 3.05) is 19.6 Å². The first-order valence-electron chi connectivity index (χ1n) is 7.39. The lowest BCUT2D eigenvalue weighted by atomic mass is 10.2. The van der Waals surface area contributed by atoms with Gasteiger partial charge in [-0.3, -0.25) is 4.79 Å². The zero-order valence-electron chi connectivity index (χ0n) is 12.3. The summed E-state index contributed by atoms with van der Waals surface area (Å²) in [6.45, 7) is 2.12. The molecule has 1 aliphatic rings. The van der Waals surface area contributed by atoms with Gasteiger partial charge in [-0.2, -0.15) is 0 Å². The van der Waals surface area contributed by atoms with Gasteiger partial charge in [-0.25, -0.2) is 4.79 Å². The number of likely N-dealkylation sites (tertiary alicyclic amines) is 1. The molecule has 0 bridgehead atoms. The molecule has 2 rings (SSSR count). The third-order valence-corrected chi connectivity index (χ3v) is 3.95. The van der Waals surface area contributed by atoms with Gasteiger partial charge in [0.05, 0.1) is 0 Å². The summed E-state index contributed by atoms with van der Waals surface area (Å²) in [5.41, 5.74) is 1.01. The molecule has 5 nitrogen and oxygen atoms in total. The van der Waals surface area contributed by atoms with Crippen LogP contribution in [0.1, 0.15) is 24.8 Å². The van der Waals surface area contributed by atoms with Gasteiger partial charge in [-0.1, -0.05) is 28.1 Å². The van der Waals surface area contributed by atoms with Crippen molar-refractivity contribution in [3.8, 4) is 0 Å². The molecule has 0 radical (unpaired) electrons. The Kier molecular flexibility index (Phi) is 6.45. The number of hydrogen-bond donors (Lipinski definition) is 2. The minimum absolute atomic E-state index is 0.224. The minimum atomic E-state index is -0.235. The molecule has 0 aromatic heterocycles. The molecule has 0 unspecified atom stereocenters. The van der Waals surface area contributed by atoms with Crippen molar-refractivity contribution in [3.63, 3.8) is 0 Å². The van der Waals surface area contributed by atoms with Crippen molar-refractivity contribution in [1.29, 1.82) is 0 Å². The highest BCUT2D eigenvalue weighted by Crippen LogP contribution is 2.11. The first kappa shape index (κ1) is 16.5. The van der Waals surface area contributed by atoms with Crippen molar-refractivity contribution in [2.45, 2.75) is 19.3 Å². The number of urea groups is 1. The van der Waals surface area contributed by atoms with E-state index in [1.165, 1.54) is 0 Å². The van der Waals surface area contributed by atoms with Crippen molar-refractivity contribution >= 4 is 33.9 Å². The number of amides is 3. The number of carbonyl (C=O) groups excluding carboxylic acids is 2. The van der Waals surface area contributed by atoms with Crippen LogP contribution < -0.4 is 10.6 Å². The molecule has 0 aliphatic carbocycles. The largest absolute Gasteiger partial charge is 0.343 e. The fourth-order valence-electron chi connectivity index (χ4n) is 2.25. The smallest absolute Gasteiger partial charge is 0.318 e. The lowest BCUT2D eigenvalue weighted by Crippen LogP contribution is -2.35. The Hall–Kier alpha value is -1.82. The van der Waals surface area contributed by atoms with Crippen molar-refractivity contribution in [2.24, 2.45) is 0 Å². The molecule has 0 atom stereocenters. The van der Waals surface area contributed by atoms with E-state index in [0.717, 1.165) is 29.4 Å². The number of halogens is 1. The summed E-state index contributed by atoms with van der Waals surface area (Å²) in [7, 11) is 0. The third-order valence-electron chi connectivity index (χ3n) is 3.42. The van der Waals surface area contributed by atoms with E-state index in [1.807, 2.05) is 35.2 Å². The van der Waals surface area contributed by atoms with E-state index in [0.29, 0.717) is 19.5 Å². The standard InChI is InChI=1S/C16H20BrN3O2/c17-14-6-4-13(5-7-14)8-10-19-16(22)18-9-2-12-20-11-1-3-15(20)21/h4-8,10H,1-3,9,11-12H2,(H2,18,19,22)/b10-8+. The van der Waals surface area contributed by atoms with E-state index >= 15 is 0 Å². The first-order valence-corrected chi connectivity index (χ1v) is 8.19. The van der Waals surface area contributed by atoms with Crippen LogP contribution in [0, 0.1) is 0 Å². The summed E-state index contributed by atoms with van der Waals surface area (Å²) in [5, 5.41) is 5.43. The van der Waals surface area contributed by atoms with Crippen molar-refractivity contribution in [3.05, 3.63) is 40.5 Å². The highest BCUT2D eigenvalue weighted by atomic mass is 79.9. The Morgan fingerprint density at radius 3 is 2.77 bits per heavy atom. The van der Waals surface area contributed by atoms with Crippen LogP contribution in [0.3, 0.4) is 0 Å². The van der Waals surface area contributed by atoms with Crippen LogP contribution in [0.2, 0.25) is 0 Å². The number of carbonyl (C=O) groups is 2. The molecule has 22 heavy (non-hydrogen) atoms. The molecule has 1 heterocycles. The zero-order chi connectivity index (χ0) is 15.8. The summed E-state index contributed by atoms with van der Waals surface area (Å²) in [6.07, 6.45) is 5.83. The Labute approximate surface area is 138 Å². The molecular formula is C16H20BrN3O2. The van der Waals surface area contributed by atoms with Gasteiger partial charge in [-0.05, 0) is 36.6 Å². The Bertz CT molecular complexity index is 543. The van der Waals surface area contributed by atoms with Crippen LogP contribution in [0.25, 0.3) is 6.08 Å². The summed E-state index contributed by atoms with van der Waals surface area (Å²) in [5.74, 6) is 0.224. The molecule has 118 valence electrons. The lowest BCUT2D eigenvalue weighted by Gasteiger charge is -2.15. The number of rotatable bonds is 6. The maximum Gasteiger partial charge on any atom is 0.318 e. The average Bonchev–Trinajstić information content (AvgIpc) is 2.91. The normalized spacial score (nSPS) is 14.6. The molecule has 1 fully saturated rings. The van der Waals surface area contributed by atoms with E-state index in [2.05, 4.69) is 26.6 Å². The van der Waals surface area contributed by atoms with E-state index in [1.54, 1.807) is 6.20 Å². The van der Waals surface area contributed by atoms with Gasteiger partial charge in [0.25, 0.3) is 0 Å². The maximum absolute atomic E-state index is 11.6. The first-order chi connectivity index (χ1) is 10.6. The number of hydrogen-bond acceptors (Lipinski definition) is 2. The number of benzene rings is 1. The Morgan fingerprint density at radius 2 is 2.09 bits per heavy atom. The minimum Gasteiger partial charge on any atom is -0.343 e. The maximum atomic E-state index is 11.6. The van der Waals surface area contributed by atoms with Gasteiger partial charge >= 0.3 is 6.03 Å². The predicted octanol–water partition coefficient (Wildman–Crippen LogP) is 2.73. The predicted molar refractivity (Wildman–Crippen MR) is 90.1 cm³/mol. The molecule has 1 aromatic carbocycles. The van der Waals surface area contributed by atoms with Gasteiger partial charge in [0.2, 0.25) is 5.91 Å². The molecule has 1 aliphatic heterocycles. The van der Waals surface area contributed by atoms with Crippen LogP contribution >= 0.6 is 15.9 Å². The van der Waals surface area contributed by atoms with Gasteiger partial charge in [0, 0.05) is 36.7 Å². The van der Waals surface area contributed by atoms with Gasteiger partial charge < -0.3 is 15.5 Å². The Morgan fingerprint density at radius 1 is 1.32 bits per heavy atom. The highest BCUT2D eigenvalue weighted by molar-refractivity contribution is 9.10. The molecular weight excluding hydrogens is 346 g/mol. The molecule has 3 amide bonds. The SMILES string of the molecule is O=C(N/C=C/c1ccc(Br)cc1)NCCCN1CCCC1=O. The molecule has 1 aromatic rings. The average molecular weight is 366 g/mol. The monoisotopic (exact) mass is 365 g/mol. The summed E-state index contributed by atoms with van der Waals surface area (Å²) in [6, 6.07) is 7.56. The van der Waals surface area contributed by atoms with E-state index in [9.17, 15) is 9.59 Å². The highest BCUT2D eigenvalue weighted by Gasteiger charge is 2.18. The van der Waals surface area contributed by atoms with E-state index in [4.69, 9.17) is 0 Å². The molecule has 0 saturated carbocycles. The molecule has 0 spiro atoms. The van der Waals surface area contributed by atoms with Gasteiger partial charge in [0.1, 0.15) is 0 Å². The number of nitrogens with one attached hydrogen (secondary N) is 2. The zero-order valence-corrected chi connectivity index (χ0v) is 13.9. The van der Waals surface area contributed by atoms with Crippen molar-refractivity contribution in [1.82, 2.24) is 15.5 Å². The topological polar surface area (TPSA) is 61.4 Å². The molecule has 6 heteroatoms. The second-order valence-electron chi connectivity index (χ2n) is 5.12. The van der Waals surface area contributed by atoms with Crippen LogP contribution in [0.15, 0.2) is 34.9 Å². The summed E-state index contributed by atoms with van der Waals surface area (Å²) < 4.78 is 1.02.